The van der Waals surface area contributed by atoms with Crippen LogP contribution in [0.3, 0.4) is 0 Å². The predicted molar refractivity (Wildman–Crippen MR) is 74.2 cm³/mol. The number of hydrazone groups is 1. The quantitative estimate of drug-likeness (QED) is 0.758. The standard InChI is InChI=1S/C13H14N6O2/c1-17-11-10(12(20)18(2)13(17)21)15-16-19(11)14-8-9-6-4-3-5-7-9/h3-8,10-11H,1-2H3. The first-order valence-electron chi connectivity index (χ1n) is 6.43. The van der Waals surface area contributed by atoms with E-state index in [1.807, 2.05) is 30.3 Å². The Morgan fingerprint density at radius 2 is 1.90 bits per heavy atom. The van der Waals surface area contributed by atoms with E-state index in [0.717, 1.165) is 10.5 Å². The van der Waals surface area contributed by atoms with Crippen molar-refractivity contribution in [1.29, 1.82) is 0 Å². The van der Waals surface area contributed by atoms with E-state index >= 15 is 0 Å². The van der Waals surface area contributed by atoms with E-state index in [4.69, 9.17) is 0 Å². The molecule has 2 aliphatic rings. The lowest BCUT2D eigenvalue weighted by Crippen LogP contribution is -2.63. The highest BCUT2D eigenvalue weighted by atomic mass is 16.2. The van der Waals surface area contributed by atoms with Crippen LogP contribution < -0.4 is 0 Å². The van der Waals surface area contributed by atoms with E-state index < -0.39 is 18.2 Å². The van der Waals surface area contributed by atoms with Gasteiger partial charge in [0.15, 0.2) is 12.2 Å². The van der Waals surface area contributed by atoms with Gasteiger partial charge in [-0.3, -0.25) is 9.69 Å². The molecule has 3 amide bonds. The smallest absolute Gasteiger partial charge is 0.301 e. The van der Waals surface area contributed by atoms with Crippen LogP contribution in [0.4, 0.5) is 4.79 Å². The summed E-state index contributed by atoms with van der Waals surface area (Å²) in [6.07, 6.45) is 1.00. The van der Waals surface area contributed by atoms with Crippen molar-refractivity contribution >= 4 is 18.2 Å². The van der Waals surface area contributed by atoms with Gasteiger partial charge in [0, 0.05) is 14.1 Å². The van der Waals surface area contributed by atoms with Crippen LogP contribution in [0.5, 0.6) is 0 Å². The fraction of sp³-hybridized carbons (Fsp3) is 0.308. The second kappa shape index (κ2) is 4.97. The van der Waals surface area contributed by atoms with Gasteiger partial charge in [0.1, 0.15) is 0 Å². The molecule has 0 saturated carbocycles. The second-order valence-electron chi connectivity index (χ2n) is 4.83. The van der Waals surface area contributed by atoms with E-state index in [1.165, 1.54) is 17.1 Å². The second-order valence-corrected chi connectivity index (χ2v) is 4.83. The highest BCUT2D eigenvalue weighted by molar-refractivity contribution is 6.00. The van der Waals surface area contributed by atoms with Crippen molar-refractivity contribution in [3.05, 3.63) is 35.9 Å². The summed E-state index contributed by atoms with van der Waals surface area (Å²) < 4.78 is 0. The lowest BCUT2D eigenvalue weighted by molar-refractivity contribution is -0.134. The van der Waals surface area contributed by atoms with E-state index in [-0.39, 0.29) is 5.91 Å². The predicted octanol–water partition coefficient (Wildman–Crippen LogP) is 0.922. The first-order chi connectivity index (χ1) is 10.1. The molecule has 0 aliphatic carbocycles. The van der Waals surface area contributed by atoms with Crippen molar-refractivity contribution in [3.63, 3.8) is 0 Å². The number of imide groups is 1. The maximum atomic E-state index is 12.0. The molecule has 3 rings (SSSR count). The van der Waals surface area contributed by atoms with Crippen molar-refractivity contribution in [2.45, 2.75) is 12.2 Å². The molecule has 8 heteroatoms. The molecule has 2 heterocycles. The molecule has 1 fully saturated rings. The maximum absolute atomic E-state index is 12.0. The number of amides is 3. The van der Waals surface area contributed by atoms with Crippen molar-refractivity contribution in [2.24, 2.45) is 15.4 Å². The summed E-state index contributed by atoms with van der Waals surface area (Å²) in [5.74, 6) is -0.371. The van der Waals surface area contributed by atoms with Gasteiger partial charge in [-0.2, -0.15) is 10.2 Å². The Labute approximate surface area is 121 Å². The van der Waals surface area contributed by atoms with Gasteiger partial charge in [-0.05, 0) is 5.56 Å². The number of urea groups is 1. The molecule has 2 atom stereocenters. The highest BCUT2D eigenvalue weighted by Crippen LogP contribution is 2.27. The SMILES string of the molecule is CN1C(=O)C2N=NN(N=Cc3ccccc3)C2N(C)C1=O. The fourth-order valence-electron chi connectivity index (χ4n) is 2.29. The minimum absolute atomic E-state index is 0.371. The zero-order chi connectivity index (χ0) is 15.0. The van der Waals surface area contributed by atoms with Crippen molar-refractivity contribution < 1.29 is 9.59 Å². The number of hydrogen-bond donors (Lipinski definition) is 0. The lowest BCUT2D eigenvalue weighted by atomic mass is 10.1. The van der Waals surface area contributed by atoms with Gasteiger partial charge in [-0.15, -0.1) is 5.12 Å². The molecule has 0 bridgehead atoms. The Balaban J connectivity index is 1.83. The summed E-state index contributed by atoms with van der Waals surface area (Å²) in [7, 11) is 3.03. The average Bonchev–Trinajstić information content (AvgIpc) is 2.94. The average molecular weight is 286 g/mol. The molecule has 0 N–H and O–H groups in total. The minimum Gasteiger partial charge on any atom is -0.301 e. The Bertz CT molecular complexity index is 629. The fourth-order valence-corrected chi connectivity index (χ4v) is 2.29. The topological polar surface area (TPSA) is 80.9 Å². The van der Waals surface area contributed by atoms with Crippen LogP contribution >= 0.6 is 0 Å². The molecule has 0 aromatic heterocycles. The normalized spacial score (nSPS) is 25.1. The van der Waals surface area contributed by atoms with Crippen molar-refractivity contribution in [1.82, 2.24) is 14.9 Å². The number of benzene rings is 1. The first kappa shape index (κ1) is 13.2. The number of carbonyl (C=O) groups is 2. The first-order valence-corrected chi connectivity index (χ1v) is 6.43. The van der Waals surface area contributed by atoms with Gasteiger partial charge in [0.05, 0.1) is 6.21 Å². The van der Waals surface area contributed by atoms with E-state index in [0.29, 0.717) is 0 Å². The Morgan fingerprint density at radius 1 is 1.19 bits per heavy atom. The number of likely N-dealkylation sites (N-methyl/N-ethyl adjacent to an activating group) is 2. The molecule has 1 aromatic rings. The number of fused-ring (bicyclic) bond motifs is 1. The summed E-state index contributed by atoms with van der Waals surface area (Å²) in [6, 6.07) is 8.35. The molecular weight excluding hydrogens is 272 g/mol. The van der Waals surface area contributed by atoms with Crippen LogP contribution in [0.1, 0.15) is 5.56 Å². The zero-order valence-electron chi connectivity index (χ0n) is 11.6. The number of rotatable bonds is 2. The number of carbonyl (C=O) groups excluding carboxylic acids is 2. The monoisotopic (exact) mass is 286 g/mol. The van der Waals surface area contributed by atoms with Crippen LogP contribution in [-0.4, -0.2) is 59.4 Å². The van der Waals surface area contributed by atoms with Gasteiger partial charge in [-0.1, -0.05) is 35.6 Å². The number of nitrogens with zero attached hydrogens (tertiary/aromatic N) is 6. The third-order valence-corrected chi connectivity index (χ3v) is 3.48. The van der Waals surface area contributed by atoms with Gasteiger partial charge in [0.2, 0.25) is 0 Å². The minimum atomic E-state index is -0.731. The van der Waals surface area contributed by atoms with Crippen LogP contribution in [-0.2, 0) is 4.79 Å². The van der Waals surface area contributed by atoms with Crippen molar-refractivity contribution in [2.75, 3.05) is 14.1 Å². The van der Waals surface area contributed by atoms with E-state index in [1.54, 1.807) is 13.3 Å². The summed E-state index contributed by atoms with van der Waals surface area (Å²) in [4.78, 5) is 26.5. The third-order valence-electron chi connectivity index (χ3n) is 3.48. The summed E-state index contributed by atoms with van der Waals surface area (Å²) in [5.41, 5.74) is 0.893. The molecule has 0 radical (unpaired) electrons. The van der Waals surface area contributed by atoms with E-state index in [2.05, 4.69) is 15.4 Å². The Morgan fingerprint density at radius 3 is 2.62 bits per heavy atom. The van der Waals surface area contributed by atoms with Gasteiger partial charge in [-0.25, -0.2) is 4.79 Å². The molecule has 0 spiro atoms. The Hall–Kier alpha value is -2.77. The summed E-state index contributed by atoms with van der Waals surface area (Å²) in [6.45, 7) is 0. The highest BCUT2D eigenvalue weighted by Gasteiger charge is 2.50. The maximum Gasteiger partial charge on any atom is 0.328 e. The molecule has 8 nitrogen and oxygen atoms in total. The van der Waals surface area contributed by atoms with Crippen LogP contribution in [0.2, 0.25) is 0 Å². The molecule has 2 unspecified atom stereocenters. The molecule has 1 aromatic carbocycles. The van der Waals surface area contributed by atoms with Crippen molar-refractivity contribution in [3.8, 4) is 0 Å². The largest absolute Gasteiger partial charge is 0.328 e. The third kappa shape index (κ3) is 2.14. The lowest BCUT2D eigenvalue weighted by Gasteiger charge is -2.37. The molecule has 108 valence electrons. The summed E-state index contributed by atoms with van der Waals surface area (Å²) in [5, 5.41) is 13.3. The summed E-state index contributed by atoms with van der Waals surface area (Å²) >= 11 is 0. The molecule has 1 saturated heterocycles. The van der Waals surface area contributed by atoms with Crippen LogP contribution in [0, 0.1) is 0 Å². The van der Waals surface area contributed by atoms with Crippen LogP contribution in [0.15, 0.2) is 45.8 Å². The molecular formula is C13H14N6O2. The zero-order valence-corrected chi connectivity index (χ0v) is 11.6. The molecule has 2 aliphatic heterocycles. The van der Waals surface area contributed by atoms with E-state index in [9.17, 15) is 9.59 Å². The number of hydrogen-bond acceptors (Lipinski definition) is 6. The van der Waals surface area contributed by atoms with Gasteiger partial charge >= 0.3 is 6.03 Å². The molecule has 21 heavy (non-hydrogen) atoms. The Kier molecular flexibility index (Phi) is 3.13. The van der Waals surface area contributed by atoms with Gasteiger partial charge in [0.25, 0.3) is 5.91 Å². The van der Waals surface area contributed by atoms with Crippen LogP contribution in [0.25, 0.3) is 0 Å². The van der Waals surface area contributed by atoms with Gasteiger partial charge < -0.3 is 4.90 Å².